The zero-order chi connectivity index (χ0) is 44.5. The summed E-state index contributed by atoms with van der Waals surface area (Å²) in [6.07, 6.45) is -7.79. The third-order valence-corrected chi connectivity index (χ3v) is 9.04. The van der Waals surface area contributed by atoms with Crippen LogP contribution in [0.4, 0.5) is 5.69 Å². The standard InChI is InChI=1S/C39H54N2O19/c1-8-9-10-11-12-13-18-51-39-36(58-26(7)47)35(57-25(6)46)33(55-23(4)44)30(60-39)20-53-38-31(40-37(48)27-14-16-28(17-15-27)41(49)50)34(56-24(5)45)32(54-22(3)43)29(59-38)19-52-21(2)42/h14-17,29-36,38-39H,8-13,18-20H2,1-7H3,(H,40,48)/t29-,30-,31-,32-,33+,34-,35+,36-,38-,39+/m1/s1. The molecule has 21 heteroatoms. The highest BCUT2D eigenvalue weighted by molar-refractivity contribution is 5.94. The Kier molecular flexibility index (Phi) is 19.7. The van der Waals surface area contributed by atoms with Crippen molar-refractivity contribution in [3.05, 3.63) is 39.9 Å². The largest absolute Gasteiger partial charge is 0.463 e. The van der Waals surface area contributed by atoms with Crippen LogP contribution in [-0.4, -0.2) is 128 Å². The van der Waals surface area contributed by atoms with Crippen LogP contribution in [-0.2, 0) is 76.1 Å². The highest BCUT2D eigenvalue weighted by Crippen LogP contribution is 2.33. The van der Waals surface area contributed by atoms with Crippen LogP contribution in [0.2, 0.25) is 0 Å². The maximum atomic E-state index is 13.7. The van der Waals surface area contributed by atoms with Crippen LogP contribution in [0, 0.1) is 10.1 Å². The number of benzene rings is 1. The molecule has 60 heavy (non-hydrogen) atoms. The first-order valence-corrected chi connectivity index (χ1v) is 19.5. The van der Waals surface area contributed by atoms with E-state index in [1.165, 1.54) is 12.1 Å². The molecule has 1 aromatic carbocycles. The van der Waals surface area contributed by atoms with E-state index in [1.54, 1.807) is 0 Å². The molecule has 0 unspecified atom stereocenters. The van der Waals surface area contributed by atoms with E-state index < -0.39 is 121 Å². The molecule has 1 amide bonds. The van der Waals surface area contributed by atoms with Gasteiger partial charge in [-0.2, -0.15) is 0 Å². The number of carbonyl (C=O) groups excluding carboxylic acids is 7. The lowest BCUT2D eigenvalue weighted by molar-refractivity contribution is -0.384. The fourth-order valence-electron chi connectivity index (χ4n) is 6.56. The van der Waals surface area contributed by atoms with Gasteiger partial charge in [-0.25, -0.2) is 0 Å². The highest BCUT2D eigenvalue weighted by Gasteiger charge is 2.55. The number of hydrogen-bond donors (Lipinski definition) is 1. The molecule has 3 rings (SSSR count). The van der Waals surface area contributed by atoms with Crippen molar-refractivity contribution in [2.24, 2.45) is 0 Å². The maximum absolute atomic E-state index is 13.7. The molecule has 10 atom stereocenters. The Balaban J connectivity index is 2.07. The molecule has 2 heterocycles. The molecule has 2 aliphatic heterocycles. The van der Waals surface area contributed by atoms with Crippen molar-refractivity contribution >= 4 is 47.4 Å². The molecule has 0 radical (unpaired) electrons. The predicted octanol–water partition coefficient (Wildman–Crippen LogP) is 2.76. The fraction of sp³-hybridized carbons (Fsp3) is 0.667. The molecule has 1 N–H and O–H groups in total. The van der Waals surface area contributed by atoms with Crippen molar-refractivity contribution in [3.63, 3.8) is 0 Å². The van der Waals surface area contributed by atoms with Crippen LogP contribution in [0.5, 0.6) is 0 Å². The number of rotatable bonds is 21. The minimum absolute atomic E-state index is 0.0800. The van der Waals surface area contributed by atoms with E-state index in [-0.39, 0.29) is 17.9 Å². The van der Waals surface area contributed by atoms with Crippen LogP contribution >= 0.6 is 0 Å². The summed E-state index contributed by atoms with van der Waals surface area (Å²) in [6, 6.07) is 2.97. The maximum Gasteiger partial charge on any atom is 0.303 e. The molecule has 1 aromatic rings. The van der Waals surface area contributed by atoms with Crippen molar-refractivity contribution in [1.82, 2.24) is 5.32 Å². The van der Waals surface area contributed by atoms with Gasteiger partial charge < -0.3 is 52.7 Å². The average molecular weight is 855 g/mol. The van der Waals surface area contributed by atoms with Gasteiger partial charge in [0.25, 0.3) is 11.6 Å². The van der Waals surface area contributed by atoms with Crippen molar-refractivity contribution in [1.29, 1.82) is 0 Å². The molecule has 21 nitrogen and oxygen atoms in total. The van der Waals surface area contributed by atoms with E-state index in [9.17, 15) is 43.7 Å². The summed E-state index contributed by atoms with van der Waals surface area (Å²) in [7, 11) is 0. The summed E-state index contributed by atoms with van der Waals surface area (Å²) in [5.74, 6) is -5.83. The van der Waals surface area contributed by atoms with Crippen LogP contribution in [0.15, 0.2) is 24.3 Å². The molecule has 0 spiro atoms. The zero-order valence-electron chi connectivity index (χ0n) is 34.7. The normalized spacial score (nSPS) is 26.1. The van der Waals surface area contributed by atoms with E-state index >= 15 is 0 Å². The van der Waals surface area contributed by atoms with Gasteiger partial charge in [-0.15, -0.1) is 0 Å². The van der Waals surface area contributed by atoms with Gasteiger partial charge >= 0.3 is 35.8 Å². The van der Waals surface area contributed by atoms with Gasteiger partial charge in [0.15, 0.2) is 43.1 Å². The second kappa shape index (κ2) is 24.1. The van der Waals surface area contributed by atoms with Crippen LogP contribution in [0.25, 0.3) is 0 Å². The molecule has 0 aliphatic carbocycles. The Morgan fingerprint density at radius 1 is 0.600 bits per heavy atom. The number of unbranched alkanes of at least 4 members (excludes halogenated alkanes) is 5. The lowest BCUT2D eigenvalue weighted by atomic mass is 9.95. The Bertz CT molecular complexity index is 1650. The lowest BCUT2D eigenvalue weighted by Gasteiger charge is -2.46. The van der Waals surface area contributed by atoms with Gasteiger partial charge in [-0.3, -0.25) is 43.7 Å². The molecule has 2 aliphatic rings. The minimum Gasteiger partial charge on any atom is -0.463 e. The van der Waals surface area contributed by atoms with E-state index in [4.69, 9.17) is 47.4 Å². The zero-order valence-corrected chi connectivity index (χ0v) is 34.7. The Hall–Kier alpha value is -5.25. The SMILES string of the molecule is CCCCCCCCO[C@H]1O[C@H](CO[C@@H]2O[C@H](COC(C)=O)[C@@H](OC(C)=O)[C@H](OC(C)=O)[C@H]2NC(=O)c2ccc([N+](=O)[O-])cc2)[C@H](OC(C)=O)[C@H](OC(C)=O)[C@H]1OC(C)=O. The smallest absolute Gasteiger partial charge is 0.303 e. The molecule has 334 valence electrons. The van der Waals surface area contributed by atoms with Gasteiger partial charge in [0, 0.05) is 65.8 Å². The fourth-order valence-corrected chi connectivity index (χ4v) is 6.56. The number of nitrogens with one attached hydrogen (secondary N) is 1. The van der Waals surface area contributed by atoms with E-state index in [1.807, 2.05) is 0 Å². The second-order valence-electron chi connectivity index (χ2n) is 14.0. The molecular weight excluding hydrogens is 800 g/mol. The summed E-state index contributed by atoms with van der Waals surface area (Å²) in [5, 5.41) is 13.9. The highest BCUT2D eigenvalue weighted by atomic mass is 16.8. The summed E-state index contributed by atoms with van der Waals surface area (Å²) in [5.41, 5.74) is -0.384. The van der Waals surface area contributed by atoms with Crippen molar-refractivity contribution in [3.8, 4) is 0 Å². The van der Waals surface area contributed by atoms with Crippen LogP contribution < -0.4 is 5.32 Å². The second-order valence-corrected chi connectivity index (χ2v) is 14.0. The number of nitro benzene ring substituents is 1. The molecular formula is C39H54N2O19. The number of nitrogens with zero attached hydrogens (tertiary/aromatic N) is 1. The predicted molar refractivity (Wildman–Crippen MR) is 201 cm³/mol. The summed E-state index contributed by atoms with van der Waals surface area (Å²) < 4.78 is 57.6. The molecule has 2 saturated heterocycles. The quantitative estimate of drug-likeness (QED) is 0.0612. The Labute approximate surface area is 346 Å². The minimum atomic E-state index is -1.67. The first-order chi connectivity index (χ1) is 28.4. The number of ether oxygens (including phenoxy) is 10. The van der Waals surface area contributed by atoms with Gasteiger partial charge in [0.2, 0.25) is 0 Å². The van der Waals surface area contributed by atoms with Crippen molar-refractivity contribution in [2.75, 3.05) is 19.8 Å². The Morgan fingerprint density at radius 3 is 1.63 bits per heavy atom. The number of amides is 1. The third kappa shape index (κ3) is 15.4. The van der Waals surface area contributed by atoms with Gasteiger partial charge in [-0.1, -0.05) is 39.0 Å². The summed E-state index contributed by atoms with van der Waals surface area (Å²) in [4.78, 5) is 98.3. The number of non-ortho nitro benzene ring substituents is 1. The molecule has 0 aromatic heterocycles. The molecule has 0 bridgehead atoms. The van der Waals surface area contributed by atoms with E-state index in [0.717, 1.165) is 85.8 Å². The topological polar surface area (TPSA) is 267 Å². The lowest BCUT2D eigenvalue weighted by Crippen LogP contribution is -2.67. The summed E-state index contributed by atoms with van der Waals surface area (Å²) in [6.45, 7) is 7.57. The number of esters is 6. The van der Waals surface area contributed by atoms with E-state index in [2.05, 4.69) is 12.2 Å². The van der Waals surface area contributed by atoms with Gasteiger partial charge in [0.1, 0.15) is 24.9 Å². The van der Waals surface area contributed by atoms with Gasteiger partial charge in [0.05, 0.1) is 11.5 Å². The van der Waals surface area contributed by atoms with Crippen molar-refractivity contribution in [2.45, 2.75) is 148 Å². The van der Waals surface area contributed by atoms with Crippen LogP contribution in [0.3, 0.4) is 0 Å². The number of hydrogen-bond acceptors (Lipinski definition) is 19. The molecule has 0 saturated carbocycles. The number of nitro groups is 1. The van der Waals surface area contributed by atoms with Crippen molar-refractivity contribution < 1.29 is 85.9 Å². The number of carbonyl (C=O) groups is 7. The monoisotopic (exact) mass is 854 g/mol. The third-order valence-electron chi connectivity index (χ3n) is 9.04. The molecule has 2 fully saturated rings. The first-order valence-electron chi connectivity index (χ1n) is 19.5. The van der Waals surface area contributed by atoms with Gasteiger partial charge in [-0.05, 0) is 18.6 Å². The van der Waals surface area contributed by atoms with Crippen LogP contribution in [0.1, 0.15) is 97.3 Å². The van der Waals surface area contributed by atoms with E-state index in [0.29, 0.717) is 6.42 Å². The summed E-state index contributed by atoms with van der Waals surface area (Å²) >= 11 is 0. The Morgan fingerprint density at radius 2 is 1.08 bits per heavy atom. The average Bonchev–Trinajstić information content (AvgIpc) is 3.16. The first kappa shape index (κ1) is 49.1.